The number of carbonyl (C=O) groups excluding carboxylic acids is 1. The van der Waals surface area contributed by atoms with Crippen molar-refractivity contribution >= 4 is 16.0 Å². The normalized spacial score (nSPS) is 11.6. The molecule has 1 aromatic rings. The quantitative estimate of drug-likeness (QED) is 0.728. The summed E-state index contributed by atoms with van der Waals surface area (Å²) in [7, 11) is -2.74. The fourth-order valence-electron chi connectivity index (χ4n) is 1.19. The van der Waals surface area contributed by atoms with E-state index in [1.54, 1.807) is 6.92 Å². The average molecular weight is 276 g/mol. The summed E-state index contributed by atoms with van der Waals surface area (Å²) in [5.41, 5.74) is 0. The molecule has 100 valence electrons. The maximum atomic E-state index is 12.9. The van der Waals surface area contributed by atoms with Gasteiger partial charge in [0.2, 0.25) is 10.0 Å². The van der Waals surface area contributed by atoms with Gasteiger partial charge in [-0.15, -0.1) is 0 Å². The molecule has 0 aliphatic heterocycles. The molecule has 0 aliphatic carbocycles. The smallest absolute Gasteiger partial charge is 0.321 e. The van der Waals surface area contributed by atoms with Gasteiger partial charge >= 0.3 is 5.97 Å². The first-order valence-corrected chi connectivity index (χ1v) is 6.54. The summed E-state index contributed by atoms with van der Waals surface area (Å²) in [5.74, 6) is -1.44. The minimum absolute atomic E-state index is 0.161. The predicted molar refractivity (Wildman–Crippen MR) is 60.6 cm³/mol. The number of ether oxygens (including phenoxy) is 1. The Morgan fingerprint density at radius 3 is 2.72 bits per heavy atom. The largest absolute Gasteiger partial charge is 0.465 e. The van der Waals surface area contributed by atoms with Crippen LogP contribution < -0.4 is 0 Å². The molecule has 0 fully saturated rings. The van der Waals surface area contributed by atoms with Crippen LogP contribution >= 0.6 is 0 Å². The van der Waals surface area contributed by atoms with Crippen LogP contribution in [0.25, 0.3) is 0 Å². The molecule has 1 aromatic heterocycles. The Morgan fingerprint density at radius 2 is 2.17 bits per heavy atom. The Balaban J connectivity index is 2.90. The first-order valence-electron chi connectivity index (χ1n) is 5.10. The van der Waals surface area contributed by atoms with Crippen LogP contribution in [-0.2, 0) is 19.6 Å². The summed E-state index contributed by atoms with van der Waals surface area (Å²) < 4.78 is 42.2. The van der Waals surface area contributed by atoms with E-state index in [9.17, 15) is 17.6 Å². The van der Waals surface area contributed by atoms with Crippen molar-refractivity contribution < 1.29 is 22.3 Å². The zero-order valence-electron chi connectivity index (χ0n) is 9.96. The van der Waals surface area contributed by atoms with Crippen molar-refractivity contribution in [2.24, 2.45) is 0 Å². The average Bonchev–Trinajstić information content (AvgIpc) is 2.29. The van der Waals surface area contributed by atoms with E-state index >= 15 is 0 Å². The maximum absolute atomic E-state index is 12.9. The Bertz CT molecular complexity index is 532. The first-order chi connectivity index (χ1) is 8.37. The number of sulfonamides is 1. The van der Waals surface area contributed by atoms with E-state index < -0.39 is 28.4 Å². The molecular weight excluding hydrogens is 263 g/mol. The molecule has 0 atom stereocenters. The maximum Gasteiger partial charge on any atom is 0.321 e. The molecule has 0 N–H and O–H groups in total. The topological polar surface area (TPSA) is 76.6 Å². The zero-order valence-corrected chi connectivity index (χ0v) is 10.8. The van der Waals surface area contributed by atoms with Gasteiger partial charge in [0.25, 0.3) is 0 Å². The molecule has 0 saturated carbocycles. The van der Waals surface area contributed by atoms with Gasteiger partial charge in [0.15, 0.2) is 0 Å². The van der Waals surface area contributed by atoms with E-state index in [1.165, 1.54) is 7.05 Å². The summed E-state index contributed by atoms with van der Waals surface area (Å²) in [4.78, 5) is 14.3. The van der Waals surface area contributed by atoms with Crippen LogP contribution in [0.3, 0.4) is 0 Å². The number of rotatable bonds is 5. The lowest BCUT2D eigenvalue weighted by Crippen LogP contribution is -2.33. The van der Waals surface area contributed by atoms with E-state index in [-0.39, 0.29) is 11.5 Å². The van der Waals surface area contributed by atoms with Gasteiger partial charge < -0.3 is 4.74 Å². The number of aromatic nitrogens is 1. The lowest BCUT2D eigenvalue weighted by atomic mass is 10.5. The highest BCUT2D eigenvalue weighted by atomic mass is 32.2. The molecule has 18 heavy (non-hydrogen) atoms. The second kappa shape index (κ2) is 5.87. The Labute approximate surface area is 104 Å². The summed E-state index contributed by atoms with van der Waals surface area (Å²) in [6, 6.07) is 0.837. The van der Waals surface area contributed by atoms with E-state index in [1.807, 2.05) is 0 Å². The van der Waals surface area contributed by atoms with Crippen molar-refractivity contribution in [2.45, 2.75) is 11.8 Å². The summed E-state index contributed by atoms with van der Waals surface area (Å²) in [6.45, 7) is 1.34. The third-order valence-electron chi connectivity index (χ3n) is 2.05. The van der Waals surface area contributed by atoms with Crippen LogP contribution in [0.2, 0.25) is 0 Å². The molecule has 0 radical (unpaired) electrons. The van der Waals surface area contributed by atoms with Crippen LogP contribution in [0.15, 0.2) is 23.4 Å². The van der Waals surface area contributed by atoms with Crippen LogP contribution in [0, 0.1) is 5.82 Å². The zero-order chi connectivity index (χ0) is 13.8. The van der Waals surface area contributed by atoms with Crippen molar-refractivity contribution in [3.05, 3.63) is 24.3 Å². The van der Waals surface area contributed by atoms with Gasteiger partial charge in [0.05, 0.1) is 12.8 Å². The highest BCUT2D eigenvalue weighted by molar-refractivity contribution is 7.89. The lowest BCUT2D eigenvalue weighted by molar-refractivity contribution is -0.143. The first kappa shape index (κ1) is 14.5. The second-order valence-electron chi connectivity index (χ2n) is 3.40. The van der Waals surface area contributed by atoms with E-state index in [0.717, 1.165) is 22.8 Å². The van der Waals surface area contributed by atoms with Gasteiger partial charge in [0, 0.05) is 13.2 Å². The summed E-state index contributed by atoms with van der Waals surface area (Å²) in [6.07, 6.45) is 1.91. The fourth-order valence-corrected chi connectivity index (χ4v) is 2.28. The number of carbonyl (C=O) groups is 1. The Kier molecular flexibility index (Phi) is 4.74. The number of esters is 1. The number of hydrogen-bond acceptors (Lipinski definition) is 5. The third kappa shape index (κ3) is 3.47. The molecule has 8 heteroatoms. The lowest BCUT2D eigenvalue weighted by Gasteiger charge is -2.15. The highest BCUT2D eigenvalue weighted by Crippen LogP contribution is 2.13. The molecule has 0 unspecified atom stereocenters. The molecule has 0 aliphatic rings. The van der Waals surface area contributed by atoms with Crippen molar-refractivity contribution in [3.63, 3.8) is 0 Å². The summed E-state index contributed by atoms with van der Waals surface area (Å²) in [5, 5.41) is 0. The molecule has 0 bridgehead atoms. The predicted octanol–water partition coefficient (Wildman–Crippen LogP) is 0.404. The molecule has 1 heterocycles. The van der Waals surface area contributed by atoms with Gasteiger partial charge in [0.1, 0.15) is 17.3 Å². The van der Waals surface area contributed by atoms with Crippen molar-refractivity contribution in [2.75, 3.05) is 20.2 Å². The van der Waals surface area contributed by atoms with Crippen LogP contribution in [0.1, 0.15) is 6.92 Å². The SMILES string of the molecule is CCOC(=O)CN(C)S(=O)(=O)c1cncc(F)c1. The summed E-state index contributed by atoms with van der Waals surface area (Å²) >= 11 is 0. The van der Waals surface area contributed by atoms with Gasteiger partial charge in [-0.1, -0.05) is 0 Å². The third-order valence-corrected chi connectivity index (χ3v) is 3.81. The van der Waals surface area contributed by atoms with Gasteiger partial charge in [-0.3, -0.25) is 9.78 Å². The molecular formula is C10H13FN2O4S. The fraction of sp³-hybridized carbons (Fsp3) is 0.400. The minimum atomic E-state index is -3.94. The Morgan fingerprint density at radius 1 is 1.50 bits per heavy atom. The van der Waals surface area contributed by atoms with Crippen LogP contribution in [0.4, 0.5) is 4.39 Å². The van der Waals surface area contributed by atoms with Crippen LogP contribution in [-0.4, -0.2) is 43.9 Å². The van der Waals surface area contributed by atoms with Gasteiger partial charge in [-0.25, -0.2) is 12.8 Å². The number of hydrogen-bond donors (Lipinski definition) is 0. The van der Waals surface area contributed by atoms with E-state index in [0.29, 0.717) is 0 Å². The van der Waals surface area contributed by atoms with Crippen molar-refractivity contribution in [1.82, 2.24) is 9.29 Å². The molecule has 0 aromatic carbocycles. The number of nitrogens with zero attached hydrogens (tertiary/aromatic N) is 2. The number of halogens is 1. The molecule has 0 saturated heterocycles. The van der Waals surface area contributed by atoms with Crippen molar-refractivity contribution in [1.29, 1.82) is 0 Å². The number of pyridine rings is 1. The monoisotopic (exact) mass is 276 g/mol. The van der Waals surface area contributed by atoms with E-state index in [2.05, 4.69) is 9.72 Å². The second-order valence-corrected chi connectivity index (χ2v) is 5.45. The van der Waals surface area contributed by atoms with Gasteiger partial charge in [-0.2, -0.15) is 4.31 Å². The molecule has 0 spiro atoms. The molecule has 1 rings (SSSR count). The molecule has 6 nitrogen and oxygen atoms in total. The van der Waals surface area contributed by atoms with Crippen molar-refractivity contribution in [3.8, 4) is 0 Å². The van der Waals surface area contributed by atoms with E-state index in [4.69, 9.17) is 0 Å². The minimum Gasteiger partial charge on any atom is -0.465 e. The molecule has 0 amide bonds. The number of likely N-dealkylation sites (N-methyl/N-ethyl adjacent to an activating group) is 1. The standard InChI is InChI=1S/C10H13FN2O4S/c1-3-17-10(14)7-13(2)18(15,16)9-4-8(11)5-12-6-9/h4-6H,3,7H2,1-2H3. The van der Waals surface area contributed by atoms with Gasteiger partial charge in [-0.05, 0) is 13.0 Å². The Hall–Kier alpha value is -1.54. The van der Waals surface area contributed by atoms with Crippen LogP contribution in [0.5, 0.6) is 0 Å². The highest BCUT2D eigenvalue weighted by Gasteiger charge is 2.24.